The van der Waals surface area contributed by atoms with Gasteiger partial charge in [-0.15, -0.1) is 0 Å². The van der Waals surface area contributed by atoms with Gasteiger partial charge in [0.25, 0.3) is 0 Å². The average Bonchev–Trinajstić information content (AvgIpc) is 2.79. The minimum atomic E-state index is -0.783. The van der Waals surface area contributed by atoms with Gasteiger partial charge in [-0.3, -0.25) is 4.79 Å². The summed E-state index contributed by atoms with van der Waals surface area (Å²) in [4.78, 5) is 15.2. The Morgan fingerprint density at radius 1 is 1.53 bits per heavy atom. The van der Waals surface area contributed by atoms with Crippen molar-refractivity contribution in [2.75, 3.05) is 5.75 Å². The van der Waals surface area contributed by atoms with E-state index >= 15 is 0 Å². The fourth-order valence-corrected chi connectivity index (χ4v) is 3.68. The first-order valence-electron chi connectivity index (χ1n) is 7.04. The van der Waals surface area contributed by atoms with Crippen LogP contribution in [0.1, 0.15) is 51.3 Å². The molecule has 1 heterocycles. The smallest absolute Gasteiger partial charge is 0.313 e. The Morgan fingerprint density at radius 3 is 2.89 bits per heavy atom. The number of imidazole rings is 1. The van der Waals surface area contributed by atoms with Gasteiger partial charge in [-0.2, -0.15) is 0 Å². The highest BCUT2D eigenvalue weighted by Gasteiger charge is 2.26. The number of rotatable bonds is 5. The molecule has 2 rings (SSSR count). The summed E-state index contributed by atoms with van der Waals surface area (Å²) in [6, 6.07) is 0.488. The minimum absolute atomic E-state index is 0.0846. The predicted molar refractivity (Wildman–Crippen MR) is 76.6 cm³/mol. The summed E-state index contributed by atoms with van der Waals surface area (Å²) in [5, 5.41) is 9.71. The van der Waals surface area contributed by atoms with Crippen molar-refractivity contribution in [1.29, 1.82) is 0 Å². The Hall–Kier alpha value is -0.970. The zero-order valence-corrected chi connectivity index (χ0v) is 12.4. The molecule has 1 saturated carbocycles. The Balaban J connectivity index is 2.24. The lowest BCUT2D eigenvalue weighted by Gasteiger charge is -2.32. The molecule has 0 bridgehead atoms. The molecule has 0 radical (unpaired) electrons. The normalized spacial score (nSPS) is 23.5. The number of carboxylic acid groups (broad SMARTS) is 1. The van der Waals surface area contributed by atoms with Crippen molar-refractivity contribution in [3.8, 4) is 0 Å². The van der Waals surface area contributed by atoms with E-state index in [4.69, 9.17) is 5.11 Å². The number of thioether (sulfide) groups is 1. The standard InChI is InChI=1S/C14H22N2O2S/c1-3-11-8-15-14(19-9-13(17)18)16(11)12-7-5-4-6-10(12)2/h8,10,12H,3-7,9H2,1-2H3,(H,17,18). The van der Waals surface area contributed by atoms with Crippen LogP contribution in [0.4, 0.5) is 0 Å². The van der Waals surface area contributed by atoms with Gasteiger partial charge < -0.3 is 9.67 Å². The maximum atomic E-state index is 10.7. The number of carboxylic acids is 1. The molecule has 19 heavy (non-hydrogen) atoms. The van der Waals surface area contributed by atoms with E-state index in [1.54, 1.807) is 0 Å². The van der Waals surface area contributed by atoms with Gasteiger partial charge in [0.2, 0.25) is 0 Å². The van der Waals surface area contributed by atoms with E-state index in [0.29, 0.717) is 12.0 Å². The van der Waals surface area contributed by atoms with Gasteiger partial charge in [0.1, 0.15) is 0 Å². The third-order valence-corrected chi connectivity index (χ3v) is 4.88. The van der Waals surface area contributed by atoms with Crippen molar-refractivity contribution in [1.82, 2.24) is 9.55 Å². The fourth-order valence-electron chi connectivity index (χ4n) is 2.91. The van der Waals surface area contributed by atoms with E-state index in [-0.39, 0.29) is 5.75 Å². The van der Waals surface area contributed by atoms with Gasteiger partial charge in [-0.05, 0) is 25.2 Å². The second kappa shape index (κ2) is 6.46. The van der Waals surface area contributed by atoms with Crippen LogP contribution in [0.25, 0.3) is 0 Å². The molecule has 4 nitrogen and oxygen atoms in total. The van der Waals surface area contributed by atoms with Crippen LogP contribution >= 0.6 is 11.8 Å². The summed E-state index contributed by atoms with van der Waals surface area (Å²) >= 11 is 1.34. The highest BCUT2D eigenvalue weighted by Crippen LogP contribution is 2.37. The van der Waals surface area contributed by atoms with E-state index in [2.05, 4.69) is 23.4 Å². The highest BCUT2D eigenvalue weighted by atomic mass is 32.2. The van der Waals surface area contributed by atoms with Gasteiger partial charge >= 0.3 is 5.97 Å². The molecular formula is C14H22N2O2S. The van der Waals surface area contributed by atoms with Crippen LogP contribution in [0.3, 0.4) is 0 Å². The fraction of sp³-hybridized carbons (Fsp3) is 0.714. The van der Waals surface area contributed by atoms with Crippen LogP contribution in [0, 0.1) is 5.92 Å². The van der Waals surface area contributed by atoms with Crippen molar-refractivity contribution >= 4 is 17.7 Å². The molecule has 0 saturated heterocycles. The third kappa shape index (κ3) is 3.32. The number of carbonyl (C=O) groups is 1. The SMILES string of the molecule is CCc1cnc(SCC(=O)O)n1C1CCCCC1C. The average molecular weight is 282 g/mol. The van der Waals surface area contributed by atoms with Crippen LogP contribution < -0.4 is 0 Å². The molecule has 2 atom stereocenters. The van der Waals surface area contributed by atoms with Crippen LogP contribution in [0.15, 0.2) is 11.4 Å². The predicted octanol–water partition coefficient (Wildman–Crippen LogP) is 3.37. The molecule has 1 aromatic rings. The molecule has 1 aromatic heterocycles. The quantitative estimate of drug-likeness (QED) is 0.841. The second-order valence-electron chi connectivity index (χ2n) is 5.27. The number of aliphatic carboxylic acids is 1. The molecule has 0 aromatic carbocycles. The molecule has 5 heteroatoms. The summed E-state index contributed by atoms with van der Waals surface area (Å²) in [6.45, 7) is 4.43. The Labute approximate surface area is 118 Å². The van der Waals surface area contributed by atoms with Gasteiger partial charge in [0.15, 0.2) is 5.16 Å². The van der Waals surface area contributed by atoms with Crippen molar-refractivity contribution in [2.24, 2.45) is 5.92 Å². The van der Waals surface area contributed by atoms with Crippen LogP contribution in [0.5, 0.6) is 0 Å². The molecular weight excluding hydrogens is 260 g/mol. The van der Waals surface area contributed by atoms with Gasteiger partial charge in [-0.25, -0.2) is 4.98 Å². The molecule has 1 fully saturated rings. The lowest BCUT2D eigenvalue weighted by atomic mass is 9.85. The second-order valence-corrected chi connectivity index (χ2v) is 6.21. The first-order chi connectivity index (χ1) is 9.13. The zero-order valence-electron chi connectivity index (χ0n) is 11.6. The Bertz CT molecular complexity index is 445. The number of hydrogen-bond acceptors (Lipinski definition) is 3. The molecule has 1 aliphatic rings. The Morgan fingerprint density at radius 2 is 2.26 bits per heavy atom. The monoisotopic (exact) mass is 282 g/mol. The third-order valence-electron chi connectivity index (χ3n) is 3.92. The molecule has 106 valence electrons. The summed E-state index contributed by atoms with van der Waals surface area (Å²) in [7, 11) is 0. The van der Waals surface area contributed by atoms with E-state index in [1.165, 1.54) is 43.1 Å². The Kier molecular flexibility index (Phi) is 4.91. The molecule has 1 aliphatic carbocycles. The molecule has 0 aliphatic heterocycles. The van der Waals surface area contributed by atoms with E-state index < -0.39 is 5.97 Å². The van der Waals surface area contributed by atoms with Gasteiger partial charge in [-0.1, -0.05) is 38.5 Å². The molecule has 0 amide bonds. The van der Waals surface area contributed by atoms with Crippen molar-refractivity contribution < 1.29 is 9.90 Å². The first kappa shape index (κ1) is 14.4. The first-order valence-corrected chi connectivity index (χ1v) is 8.02. The maximum Gasteiger partial charge on any atom is 0.313 e. The number of aromatic nitrogens is 2. The number of nitrogens with zero attached hydrogens (tertiary/aromatic N) is 2. The molecule has 2 unspecified atom stereocenters. The van der Waals surface area contributed by atoms with Gasteiger partial charge in [0, 0.05) is 17.9 Å². The highest BCUT2D eigenvalue weighted by molar-refractivity contribution is 7.99. The minimum Gasteiger partial charge on any atom is -0.481 e. The molecule has 0 spiro atoms. The van der Waals surface area contributed by atoms with Crippen molar-refractivity contribution in [2.45, 2.75) is 57.1 Å². The zero-order chi connectivity index (χ0) is 13.8. The lowest BCUT2D eigenvalue weighted by Crippen LogP contribution is -2.23. The topological polar surface area (TPSA) is 55.1 Å². The van der Waals surface area contributed by atoms with E-state index in [9.17, 15) is 4.79 Å². The van der Waals surface area contributed by atoms with Crippen molar-refractivity contribution in [3.63, 3.8) is 0 Å². The van der Waals surface area contributed by atoms with Crippen LogP contribution in [-0.2, 0) is 11.2 Å². The van der Waals surface area contributed by atoms with Gasteiger partial charge in [0.05, 0.1) is 5.75 Å². The van der Waals surface area contributed by atoms with E-state index in [0.717, 1.165) is 11.6 Å². The lowest BCUT2D eigenvalue weighted by molar-refractivity contribution is -0.133. The number of hydrogen-bond donors (Lipinski definition) is 1. The summed E-state index contributed by atoms with van der Waals surface area (Å²) in [5.41, 5.74) is 1.23. The largest absolute Gasteiger partial charge is 0.481 e. The summed E-state index contributed by atoms with van der Waals surface area (Å²) < 4.78 is 2.30. The van der Waals surface area contributed by atoms with Crippen LogP contribution in [-0.4, -0.2) is 26.4 Å². The summed E-state index contributed by atoms with van der Waals surface area (Å²) in [6.07, 6.45) is 7.88. The molecule has 1 N–H and O–H groups in total. The summed E-state index contributed by atoms with van der Waals surface area (Å²) in [5.74, 6) is -0.0481. The van der Waals surface area contributed by atoms with Crippen molar-refractivity contribution in [3.05, 3.63) is 11.9 Å². The number of aryl methyl sites for hydroxylation is 1. The maximum absolute atomic E-state index is 10.7. The van der Waals surface area contributed by atoms with Crippen LogP contribution in [0.2, 0.25) is 0 Å². The van der Waals surface area contributed by atoms with E-state index in [1.807, 2.05) is 6.20 Å².